The molecule has 0 aromatic carbocycles. The number of fused-ring (bicyclic) bond motifs is 2. The first-order valence-electron chi connectivity index (χ1n) is 7.38. The van der Waals surface area contributed by atoms with E-state index in [1.54, 1.807) is 11.3 Å². The summed E-state index contributed by atoms with van der Waals surface area (Å²) in [6.45, 7) is 0. The van der Waals surface area contributed by atoms with Crippen molar-refractivity contribution >= 4 is 17.1 Å². The molecule has 0 saturated heterocycles. The number of nitrogens with zero attached hydrogens (tertiary/aromatic N) is 1. The fourth-order valence-electron chi connectivity index (χ4n) is 3.71. The molecule has 0 saturated carbocycles. The van der Waals surface area contributed by atoms with Crippen molar-refractivity contribution in [2.24, 2.45) is 0 Å². The lowest BCUT2D eigenvalue weighted by Gasteiger charge is -2.24. The Hall–Kier alpha value is -1.48. The Kier molecular flexibility index (Phi) is 2.95. The zero-order valence-corrected chi connectivity index (χ0v) is 12.2. The summed E-state index contributed by atoms with van der Waals surface area (Å²) >= 11 is 1.81. The maximum absolute atomic E-state index is 13.0. The molecule has 2 aromatic rings. The number of aromatic nitrogens is 1. The highest BCUT2D eigenvalue weighted by molar-refractivity contribution is 7.10. The molecule has 20 heavy (non-hydrogen) atoms. The monoisotopic (exact) mass is 283 g/mol. The van der Waals surface area contributed by atoms with Crippen LogP contribution >= 0.6 is 11.3 Å². The zero-order chi connectivity index (χ0) is 13.5. The molecule has 3 heteroatoms. The second-order valence-electron chi connectivity index (χ2n) is 5.79. The van der Waals surface area contributed by atoms with E-state index in [2.05, 4.69) is 22.5 Å². The molecule has 4 rings (SSSR count). The molecular weight excluding hydrogens is 266 g/mol. The van der Waals surface area contributed by atoms with Crippen molar-refractivity contribution in [1.82, 2.24) is 4.98 Å². The topological polar surface area (TPSA) is 30.0 Å². The predicted molar refractivity (Wildman–Crippen MR) is 80.3 cm³/mol. The van der Waals surface area contributed by atoms with Crippen molar-refractivity contribution in [3.63, 3.8) is 0 Å². The van der Waals surface area contributed by atoms with Gasteiger partial charge in [0.2, 0.25) is 0 Å². The Morgan fingerprint density at radius 2 is 2.15 bits per heavy atom. The molecule has 2 aromatic heterocycles. The minimum absolute atomic E-state index is 0.0297. The van der Waals surface area contributed by atoms with E-state index in [0.717, 1.165) is 37.8 Å². The first kappa shape index (κ1) is 12.3. The van der Waals surface area contributed by atoms with Gasteiger partial charge in [-0.05, 0) is 60.7 Å². The van der Waals surface area contributed by atoms with Gasteiger partial charge in [-0.25, -0.2) is 0 Å². The van der Waals surface area contributed by atoms with Crippen molar-refractivity contribution < 1.29 is 4.79 Å². The average Bonchev–Trinajstić information content (AvgIpc) is 3.12. The maximum Gasteiger partial charge on any atom is 0.149 e. The summed E-state index contributed by atoms with van der Waals surface area (Å²) in [5, 5.41) is 2.14. The van der Waals surface area contributed by atoms with E-state index in [9.17, 15) is 4.79 Å². The summed E-state index contributed by atoms with van der Waals surface area (Å²) in [5.74, 6) is 0.548. The number of hydrogen-bond donors (Lipinski definition) is 0. The quantitative estimate of drug-likeness (QED) is 0.837. The number of ketones is 1. The predicted octanol–water partition coefficient (Wildman–Crippen LogP) is 3.86. The molecule has 2 aliphatic rings. The smallest absolute Gasteiger partial charge is 0.149 e. The van der Waals surface area contributed by atoms with E-state index in [1.807, 2.05) is 12.3 Å². The molecule has 2 atom stereocenters. The van der Waals surface area contributed by atoms with Gasteiger partial charge in [-0.3, -0.25) is 9.78 Å². The molecular formula is C17H17NOS. The molecule has 2 unspecified atom stereocenters. The normalized spacial score (nSPS) is 24.2. The summed E-state index contributed by atoms with van der Waals surface area (Å²) in [5.41, 5.74) is 3.61. The highest BCUT2D eigenvalue weighted by Crippen LogP contribution is 2.41. The fourth-order valence-corrected chi connectivity index (χ4v) is 4.70. The Bertz CT molecular complexity index is 661. The standard InChI is InChI=1S/C17H17NOS/c19-17(13-4-1-5-15-12(13)8-10-20-15)14-7-6-11-3-2-9-18-16(11)14/h2-3,8-10,13-14H,1,4-7H2. The van der Waals surface area contributed by atoms with Gasteiger partial charge in [0, 0.05) is 17.0 Å². The third-order valence-corrected chi connectivity index (χ3v) is 5.69. The number of carbonyl (C=O) groups excluding carboxylic acids is 1. The van der Waals surface area contributed by atoms with Crippen LogP contribution in [-0.2, 0) is 17.6 Å². The van der Waals surface area contributed by atoms with Crippen LogP contribution in [0.3, 0.4) is 0 Å². The van der Waals surface area contributed by atoms with E-state index in [-0.39, 0.29) is 11.8 Å². The summed E-state index contributed by atoms with van der Waals surface area (Å²) in [6.07, 6.45) is 7.08. The van der Waals surface area contributed by atoms with E-state index < -0.39 is 0 Å². The highest BCUT2D eigenvalue weighted by Gasteiger charge is 2.36. The molecule has 0 aliphatic heterocycles. The third kappa shape index (κ3) is 1.84. The number of carbonyl (C=O) groups is 1. The first-order chi connectivity index (χ1) is 9.84. The number of Topliss-reactive ketones (excluding diaryl/α,β-unsaturated/α-hetero) is 1. The van der Waals surface area contributed by atoms with Gasteiger partial charge < -0.3 is 0 Å². The minimum Gasteiger partial charge on any atom is -0.298 e. The molecule has 0 radical (unpaired) electrons. The summed E-state index contributed by atoms with van der Waals surface area (Å²) < 4.78 is 0. The van der Waals surface area contributed by atoms with Crippen LogP contribution in [0, 0.1) is 0 Å². The number of thiophene rings is 1. The molecule has 0 N–H and O–H groups in total. The minimum atomic E-state index is 0.0297. The van der Waals surface area contributed by atoms with Gasteiger partial charge in [-0.2, -0.15) is 0 Å². The molecule has 102 valence electrons. The van der Waals surface area contributed by atoms with Crippen molar-refractivity contribution in [3.8, 4) is 0 Å². The lowest BCUT2D eigenvalue weighted by Crippen LogP contribution is -2.22. The Morgan fingerprint density at radius 1 is 1.20 bits per heavy atom. The van der Waals surface area contributed by atoms with Gasteiger partial charge in [0.05, 0.1) is 11.6 Å². The van der Waals surface area contributed by atoms with E-state index in [4.69, 9.17) is 0 Å². The second kappa shape index (κ2) is 4.81. The van der Waals surface area contributed by atoms with Crippen LogP contribution in [0.25, 0.3) is 0 Å². The van der Waals surface area contributed by atoms with Crippen LogP contribution in [0.5, 0.6) is 0 Å². The van der Waals surface area contributed by atoms with Crippen LogP contribution in [-0.4, -0.2) is 10.8 Å². The second-order valence-corrected chi connectivity index (χ2v) is 6.79. The van der Waals surface area contributed by atoms with Gasteiger partial charge in [-0.1, -0.05) is 6.07 Å². The van der Waals surface area contributed by atoms with Gasteiger partial charge >= 0.3 is 0 Å². The van der Waals surface area contributed by atoms with Gasteiger partial charge in [-0.15, -0.1) is 11.3 Å². The Balaban J connectivity index is 1.67. The fraction of sp³-hybridized carbons (Fsp3) is 0.412. The third-order valence-electron chi connectivity index (χ3n) is 4.70. The number of hydrogen-bond acceptors (Lipinski definition) is 3. The average molecular weight is 283 g/mol. The van der Waals surface area contributed by atoms with Crippen LogP contribution in [0.1, 0.15) is 52.8 Å². The molecule has 0 spiro atoms. The molecule has 2 nitrogen and oxygen atoms in total. The number of aryl methyl sites for hydroxylation is 2. The number of rotatable bonds is 2. The molecule has 2 aliphatic carbocycles. The van der Waals surface area contributed by atoms with Gasteiger partial charge in [0.25, 0.3) is 0 Å². The highest BCUT2D eigenvalue weighted by atomic mass is 32.1. The summed E-state index contributed by atoms with van der Waals surface area (Å²) in [7, 11) is 0. The van der Waals surface area contributed by atoms with E-state index in [1.165, 1.54) is 16.0 Å². The van der Waals surface area contributed by atoms with Crippen LogP contribution < -0.4 is 0 Å². The summed E-state index contributed by atoms with van der Waals surface area (Å²) in [6, 6.07) is 6.26. The van der Waals surface area contributed by atoms with Crippen molar-refractivity contribution in [1.29, 1.82) is 0 Å². The van der Waals surface area contributed by atoms with Crippen molar-refractivity contribution in [3.05, 3.63) is 51.5 Å². The lowest BCUT2D eigenvalue weighted by molar-refractivity contribution is -0.122. The number of pyridine rings is 1. The Morgan fingerprint density at radius 3 is 3.10 bits per heavy atom. The SMILES string of the molecule is O=C(C1CCCc2sccc21)C1CCc2cccnc21. The van der Waals surface area contributed by atoms with E-state index in [0.29, 0.717) is 5.78 Å². The van der Waals surface area contributed by atoms with Crippen LogP contribution in [0.15, 0.2) is 29.8 Å². The van der Waals surface area contributed by atoms with Crippen LogP contribution in [0.2, 0.25) is 0 Å². The molecule has 0 bridgehead atoms. The largest absolute Gasteiger partial charge is 0.298 e. The van der Waals surface area contributed by atoms with Crippen molar-refractivity contribution in [2.75, 3.05) is 0 Å². The van der Waals surface area contributed by atoms with Crippen LogP contribution in [0.4, 0.5) is 0 Å². The van der Waals surface area contributed by atoms with E-state index >= 15 is 0 Å². The lowest BCUT2D eigenvalue weighted by atomic mass is 9.79. The molecule has 0 fully saturated rings. The maximum atomic E-state index is 13.0. The van der Waals surface area contributed by atoms with Gasteiger partial charge in [0.1, 0.15) is 5.78 Å². The first-order valence-corrected chi connectivity index (χ1v) is 8.26. The molecule has 2 heterocycles. The molecule has 0 amide bonds. The zero-order valence-electron chi connectivity index (χ0n) is 11.3. The summed E-state index contributed by atoms with van der Waals surface area (Å²) in [4.78, 5) is 18.9. The van der Waals surface area contributed by atoms with Crippen molar-refractivity contribution in [2.45, 2.75) is 43.9 Å². The Labute approximate surface area is 122 Å². The van der Waals surface area contributed by atoms with Gasteiger partial charge in [0.15, 0.2) is 0 Å².